The molecule has 15 heavy (non-hydrogen) atoms. The van der Waals surface area contributed by atoms with Crippen molar-refractivity contribution in [3.63, 3.8) is 0 Å². The van der Waals surface area contributed by atoms with Crippen LogP contribution in [0, 0.1) is 0 Å². The third-order valence-electron chi connectivity index (χ3n) is 2.52. The van der Waals surface area contributed by atoms with Crippen molar-refractivity contribution in [1.82, 2.24) is 0 Å². The summed E-state index contributed by atoms with van der Waals surface area (Å²) in [6, 6.07) is 8.44. The minimum atomic E-state index is 0.302. The molecule has 2 nitrogen and oxygen atoms in total. The van der Waals surface area contributed by atoms with Crippen LogP contribution in [0.25, 0.3) is 0 Å². The van der Waals surface area contributed by atoms with Crippen LogP contribution in [0.3, 0.4) is 0 Å². The van der Waals surface area contributed by atoms with Gasteiger partial charge in [-0.3, -0.25) is 4.99 Å². The lowest BCUT2D eigenvalue weighted by Gasteiger charge is -2.24. The zero-order chi connectivity index (χ0) is 10.8. The number of allylic oxidation sites excluding steroid dienone is 1. The van der Waals surface area contributed by atoms with E-state index in [2.05, 4.69) is 29.9 Å². The molecule has 1 aromatic carbocycles. The van der Waals surface area contributed by atoms with Crippen molar-refractivity contribution in [1.29, 1.82) is 0 Å². The molecule has 0 saturated heterocycles. The fourth-order valence-electron chi connectivity index (χ4n) is 1.76. The van der Waals surface area contributed by atoms with Crippen LogP contribution in [0.5, 0.6) is 0 Å². The predicted octanol–water partition coefficient (Wildman–Crippen LogP) is 3.54. The summed E-state index contributed by atoms with van der Waals surface area (Å²) in [4.78, 5) is 4.66. The Morgan fingerprint density at radius 3 is 2.93 bits per heavy atom. The van der Waals surface area contributed by atoms with Gasteiger partial charge in [-0.1, -0.05) is 24.3 Å². The highest BCUT2D eigenvalue weighted by Crippen LogP contribution is 2.30. The number of hydrogen-bond donors (Lipinski definition) is 1. The molecule has 1 N–H and O–H groups in total. The maximum Gasteiger partial charge on any atom is 0.0861 e. The molecule has 0 fully saturated rings. The number of aliphatic imine (C=N–C) groups is 1. The van der Waals surface area contributed by atoms with Crippen molar-refractivity contribution < 1.29 is 0 Å². The highest BCUT2D eigenvalue weighted by molar-refractivity contribution is 5.98. The van der Waals surface area contributed by atoms with Crippen LogP contribution in [0.15, 0.2) is 41.4 Å². The summed E-state index contributed by atoms with van der Waals surface area (Å²) in [5.74, 6) is 0. The monoisotopic (exact) mass is 200 g/mol. The lowest BCUT2D eigenvalue weighted by Crippen LogP contribution is -2.28. The normalized spacial score (nSPS) is 18.8. The second-order valence-electron chi connectivity index (χ2n) is 4.12. The number of anilines is 1. The topological polar surface area (TPSA) is 24.4 Å². The molecule has 1 heterocycles. The van der Waals surface area contributed by atoms with Gasteiger partial charge in [0.15, 0.2) is 0 Å². The molecule has 2 heteroatoms. The van der Waals surface area contributed by atoms with Gasteiger partial charge in [0.1, 0.15) is 0 Å². The van der Waals surface area contributed by atoms with E-state index in [0.717, 1.165) is 23.4 Å². The van der Waals surface area contributed by atoms with Gasteiger partial charge in [0.25, 0.3) is 0 Å². The van der Waals surface area contributed by atoms with Crippen molar-refractivity contribution in [2.24, 2.45) is 4.99 Å². The number of hydrogen-bond acceptors (Lipinski definition) is 2. The number of nitrogens with one attached hydrogen (secondary N) is 1. The average molecular weight is 200 g/mol. The molecule has 2 rings (SSSR count). The summed E-state index contributed by atoms with van der Waals surface area (Å²) in [6.45, 7) is 8.11. The second-order valence-corrected chi connectivity index (χ2v) is 4.12. The van der Waals surface area contributed by atoms with Crippen LogP contribution in [0.1, 0.15) is 20.3 Å². The number of para-hydroxylation sites is 2. The molecule has 1 atom stereocenters. The third kappa shape index (κ3) is 2.09. The zero-order valence-corrected chi connectivity index (χ0v) is 9.25. The smallest absolute Gasteiger partial charge is 0.0861 e. The van der Waals surface area contributed by atoms with E-state index in [1.807, 2.05) is 25.1 Å². The molecule has 1 aliphatic rings. The standard InChI is InChI=1S/C13H16N2/c1-9(2)8-13-10(3)14-11-6-4-5-7-12(11)15-13/h4-7,10,14H,1,8H2,2-3H3. The summed E-state index contributed by atoms with van der Waals surface area (Å²) < 4.78 is 0. The predicted molar refractivity (Wildman–Crippen MR) is 66.1 cm³/mol. The lowest BCUT2D eigenvalue weighted by atomic mass is 10.0. The van der Waals surface area contributed by atoms with Gasteiger partial charge < -0.3 is 5.32 Å². The van der Waals surface area contributed by atoms with Crippen molar-refractivity contribution in [3.8, 4) is 0 Å². The van der Waals surface area contributed by atoms with Gasteiger partial charge in [0.05, 0.1) is 17.4 Å². The van der Waals surface area contributed by atoms with E-state index in [4.69, 9.17) is 0 Å². The van der Waals surface area contributed by atoms with E-state index in [-0.39, 0.29) is 0 Å². The number of benzene rings is 1. The molecule has 1 aliphatic heterocycles. The fourth-order valence-corrected chi connectivity index (χ4v) is 1.76. The number of nitrogens with zero attached hydrogens (tertiary/aromatic N) is 1. The molecule has 0 aromatic heterocycles. The Morgan fingerprint density at radius 1 is 1.47 bits per heavy atom. The first-order valence-corrected chi connectivity index (χ1v) is 5.24. The summed E-state index contributed by atoms with van der Waals surface area (Å²) in [7, 11) is 0. The molecular formula is C13H16N2. The number of fused-ring (bicyclic) bond motifs is 1. The second kappa shape index (κ2) is 3.89. The quantitative estimate of drug-likeness (QED) is 0.725. The van der Waals surface area contributed by atoms with Gasteiger partial charge in [-0.2, -0.15) is 0 Å². The van der Waals surface area contributed by atoms with Crippen LogP contribution >= 0.6 is 0 Å². The molecule has 1 aromatic rings. The molecule has 0 radical (unpaired) electrons. The van der Waals surface area contributed by atoms with Crippen LogP contribution in [-0.4, -0.2) is 11.8 Å². The zero-order valence-electron chi connectivity index (χ0n) is 9.25. The van der Waals surface area contributed by atoms with Crippen LogP contribution in [0.4, 0.5) is 11.4 Å². The van der Waals surface area contributed by atoms with Crippen molar-refractivity contribution in [2.75, 3.05) is 5.32 Å². The third-order valence-corrected chi connectivity index (χ3v) is 2.52. The van der Waals surface area contributed by atoms with E-state index in [1.165, 1.54) is 5.71 Å². The number of rotatable bonds is 2. The van der Waals surface area contributed by atoms with Crippen LogP contribution in [0.2, 0.25) is 0 Å². The minimum Gasteiger partial charge on any atom is -0.376 e. The first-order valence-electron chi connectivity index (χ1n) is 5.24. The van der Waals surface area contributed by atoms with E-state index in [0.29, 0.717) is 6.04 Å². The Balaban J connectivity index is 2.34. The van der Waals surface area contributed by atoms with Crippen molar-refractivity contribution in [2.45, 2.75) is 26.3 Å². The molecule has 0 aliphatic carbocycles. The summed E-state index contributed by atoms with van der Waals surface area (Å²) >= 11 is 0. The molecule has 78 valence electrons. The van der Waals surface area contributed by atoms with Crippen LogP contribution < -0.4 is 5.32 Å². The Kier molecular flexibility index (Phi) is 2.58. The molecule has 1 unspecified atom stereocenters. The molecule has 0 spiro atoms. The minimum absolute atomic E-state index is 0.302. The van der Waals surface area contributed by atoms with Gasteiger partial charge in [-0.05, 0) is 26.0 Å². The summed E-state index contributed by atoms with van der Waals surface area (Å²) in [5.41, 5.74) is 4.48. The summed E-state index contributed by atoms with van der Waals surface area (Å²) in [5, 5.41) is 3.44. The van der Waals surface area contributed by atoms with Gasteiger partial charge in [0.2, 0.25) is 0 Å². The van der Waals surface area contributed by atoms with Gasteiger partial charge in [-0.15, -0.1) is 0 Å². The maximum atomic E-state index is 4.66. The van der Waals surface area contributed by atoms with Gasteiger partial charge >= 0.3 is 0 Å². The van der Waals surface area contributed by atoms with E-state index >= 15 is 0 Å². The highest BCUT2D eigenvalue weighted by Gasteiger charge is 2.17. The molecule has 0 saturated carbocycles. The Hall–Kier alpha value is -1.57. The fraction of sp³-hybridized carbons (Fsp3) is 0.308. The first kappa shape index (κ1) is 9.97. The largest absolute Gasteiger partial charge is 0.376 e. The lowest BCUT2D eigenvalue weighted by molar-refractivity contribution is 0.990. The Bertz CT molecular complexity index is 418. The van der Waals surface area contributed by atoms with E-state index < -0.39 is 0 Å². The van der Waals surface area contributed by atoms with Gasteiger partial charge in [0, 0.05) is 12.1 Å². The molecule has 0 amide bonds. The Labute approximate surface area is 90.7 Å². The Morgan fingerprint density at radius 2 is 2.20 bits per heavy atom. The van der Waals surface area contributed by atoms with E-state index in [9.17, 15) is 0 Å². The summed E-state index contributed by atoms with van der Waals surface area (Å²) in [6.07, 6.45) is 0.877. The molecule has 0 bridgehead atoms. The maximum absolute atomic E-state index is 4.66. The molecular weight excluding hydrogens is 184 g/mol. The van der Waals surface area contributed by atoms with E-state index in [1.54, 1.807) is 0 Å². The van der Waals surface area contributed by atoms with Crippen molar-refractivity contribution in [3.05, 3.63) is 36.4 Å². The average Bonchev–Trinajstić information content (AvgIpc) is 2.18. The van der Waals surface area contributed by atoms with Crippen molar-refractivity contribution >= 4 is 17.1 Å². The van der Waals surface area contributed by atoms with Gasteiger partial charge in [-0.25, -0.2) is 0 Å². The van der Waals surface area contributed by atoms with Crippen LogP contribution in [-0.2, 0) is 0 Å². The first-order chi connectivity index (χ1) is 7.16. The SMILES string of the molecule is C=C(C)CC1=Nc2ccccc2NC1C. The highest BCUT2D eigenvalue weighted by atomic mass is 15.0.